The van der Waals surface area contributed by atoms with Crippen LogP contribution in [0.25, 0.3) is 0 Å². The molecule has 3 nitrogen and oxygen atoms in total. The molecule has 2 aromatic carbocycles. The molecule has 1 aliphatic carbocycles. The number of rotatable bonds is 4. The predicted octanol–water partition coefficient (Wildman–Crippen LogP) is 3.49. The van der Waals surface area contributed by atoms with Crippen LogP contribution in [-0.2, 0) is 15.6 Å². The van der Waals surface area contributed by atoms with Gasteiger partial charge in [0.1, 0.15) is 5.82 Å². The Kier molecular flexibility index (Phi) is 3.78. The standard InChI is InChI=1S/C17H18FNO2S/c1-13-12-15(18)8-9-16(13)22(20,21)19-17(10-5-11-17)14-6-3-2-4-7-14/h2-4,6-9,12,19H,5,10-11H2,1H3. The van der Waals surface area contributed by atoms with Gasteiger partial charge in [-0.15, -0.1) is 0 Å². The van der Waals surface area contributed by atoms with Crippen molar-refractivity contribution in [2.45, 2.75) is 36.6 Å². The maximum atomic E-state index is 13.2. The number of nitrogens with one attached hydrogen (secondary N) is 1. The van der Waals surface area contributed by atoms with E-state index in [9.17, 15) is 12.8 Å². The fourth-order valence-corrected chi connectivity index (χ4v) is 4.64. The van der Waals surface area contributed by atoms with Crippen molar-refractivity contribution in [1.82, 2.24) is 4.72 Å². The van der Waals surface area contributed by atoms with Crippen LogP contribution in [-0.4, -0.2) is 8.42 Å². The van der Waals surface area contributed by atoms with Gasteiger partial charge in [0, 0.05) is 0 Å². The van der Waals surface area contributed by atoms with Crippen LogP contribution in [0.4, 0.5) is 4.39 Å². The fourth-order valence-electron chi connectivity index (χ4n) is 2.96. The molecule has 3 rings (SSSR count). The molecule has 1 N–H and O–H groups in total. The molecule has 0 aliphatic heterocycles. The third-order valence-corrected chi connectivity index (χ3v) is 5.99. The van der Waals surface area contributed by atoms with Crippen LogP contribution in [0, 0.1) is 12.7 Å². The molecule has 5 heteroatoms. The molecule has 0 spiro atoms. The zero-order valence-corrected chi connectivity index (χ0v) is 13.2. The van der Waals surface area contributed by atoms with Crippen LogP contribution >= 0.6 is 0 Å². The fraction of sp³-hybridized carbons (Fsp3) is 0.294. The predicted molar refractivity (Wildman–Crippen MR) is 83.4 cm³/mol. The summed E-state index contributed by atoms with van der Waals surface area (Å²) in [5.74, 6) is -0.433. The monoisotopic (exact) mass is 319 g/mol. The number of hydrogen-bond donors (Lipinski definition) is 1. The van der Waals surface area contributed by atoms with E-state index in [1.807, 2.05) is 30.3 Å². The summed E-state index contributed by atoms with van der Waals surface area (Å²) >= 11 is 0. The molecule has 22 heavy (non-hydrogen) atoms. The van der Waals surface area contributed by atoms with Crippen LogP contribution in [0.2, 0.25) is 0 Å². The van der Waals surface area contributed by atoms with Gasteiger partial charge >= 0.3 is 0 Å². The van der Waals surface area contributed by atoms with Gasteiger partial charge in [0.15, 0.2) is 0 Å². The van der Waals surface area contributed by atoms with Crippen molar-refractivity contribution in [1.29, 1.82) is 0 Å². The van der Waals surface area contributed by atoms with Crippen LogP contribution in [0.3, 0.4) is 0 Å². The molecule has 0 bridgehead atoms. The molecule has 0 radical (unpaired) electrons. The Labute approximate surface area is 130 Å². The molecule has 0 aromatic heterocycles. The summed E-state index contributed by atoms with van der Waals surface area (Å²) in [6, 6.07) is 13.4. The Morgan fingerprint density at radius 3 is 2.32 bits per heavy atom. The number of aryl methyl sites for hydroxylation is 1. The highest BCUT2D eigenvalue weighted by molar-refractivity contribution is 7.89. The van der Waals surface area contributed by atoms with E-state index in [0.29, 0.717) is 5.56 Å². The van der Waals surface area contributed by atoms with Gasteiger partial charge in [0.05, 0.1) is 10.4 Å². The molecule has 0 amide bonds. The molecule has 116 valence electrons. The summed E-state index contributed by atoms with van der Waals surface area (Å²) in [4.78, 5) is 0.135. The quantitative estimate of drug-likeness (QED) is 0.937. The zero-order valence-electron chi connectivity index (χ0n) is 12.3. The van der Waals surface area contributed by atoms with Gasteiger partial charge in [-0.1, -0.05) is 30.3 Å². The van der Waals surface area contributed by atoms with E-state index in [-0.39, 0.29) is 4.90 Å². The summed E-state index contributed by atoms with van der Waals surface area (Å²) in [6.07, 6.45) is 2.53. The molecule has 0 saturated heterocycles. The normalized spacial score (nSPS) is 17.0. The lowest BCUT2D eigenvalue weighted by Crippen LogP contribution is -2.50. The second-order valence-electron chi connectivity index (χ2n) is 5.82. The van der Waals surface area contributed by atoms with E-state index >= 15 is 0 Å². The summed E-state index contributed by atoms with van der Waals surface area (Å²) < 4.78 is 41.5. The molecule has 0 heterocycles. The molecule has 1 aliphatic rings. The van der Waals surface area contributed by atoms with E-state index in [1.165, 1.54) is 18.2 Å². The second kappa shape index (κ2) is 5.48. The van der Waals surface area contributed by atoms with E-state index in [2.05, 4.69) is 4.72 Å². The summed E-state index contributed by atoms with van der Waals surface area (Å²) in [5, 5.41) is 0. The zero-order chi connectivity index (χ0) is 15.8. The Hall–Kier alpha value is -1.72. The average molecular weight is 319 g/mol. The van der Waals surface area contributed by atoms with Crippen molar-refractivity contribution in [2.75, 3.05) is 0 Å². The van der Waals surface area contributed by atoms with Gasteiger partial charge in [-0.05, 0) is 55.5 Å². The van der Waals surface area contributed by atoms with Crippen molar-refractivity contribution >= 4 is 10.0 Å². The minimum atomic E-state index is -3.69. The van der Waals surface area contributed by atoms with Gasteiger partial charge < -0.3 is 0 Å². The van der Waals surface area contributed by atoms with Gasteiger partial charge in [-0.2, -0.15) is 0 Å². The van der Waals surface area contributed by atoms with E-state index < -0.39 is 21.4 Å². The number of sulfonamides is 1. The first-order valence-corrected chi connectivity index (χ1v) is 8.77. The third kappa shape index (κ3) is 2.66. The highest BCUT2D eigenvalue weighted by Gasteiger charge is 2.42. The van der Waals surface area contributed by atoms with E-state index in [4.69, 9.17) is 0 Å². The highest BCUT2D eigenvalue weighted by atomic mass is 32.2. The van der Waals surface area contributed by atoms with Crippen LogP contribution in [0.15, 0.2) is 53.4 Å². The molecular weight excluding hydrogens is 301 g/mol. The Morgan fingerprint density at radius 2 is 1.77 bits per heavy atom. The third-order valence-electron chi connectivity index (χ3n) is 4.29. The van der Waals surface area contributed by atoms with Crippen LogP contribution in [0.5, 0.6) is 0 Å². The van der Waals surface area contributed by atoms with Crippen molar-refractivity contribution in [3.63, 3.8) is 0 Å². The van der Waals surface area contributed by atoms with Crippen molar-refractivity contribution in [3.8, 4) is 0 Å². The summed E-state index contributed by atoms with van der Waals surface area (Å²) in [5.41, 5.74) is 0.848. The maximum absolute atomic E-state index is 13.2. The van der Waals surface area contributed by atoms with Gasteiger partial charge in [-0.3, -0.25) is 0 Å². The Morgan fingerprint density at radius 1 is 1.09 bits per heavy atom. The van der Waals surface area contributed by atoms with E-state index in [1.54, 1.807) is 6.92 Å². The summed E-state index contributed by atoms with van der Waals surface area (Å²) in [7, 11) is -3.69. The lowest BCUT2D eigenvalue weighted by molar-refractivity contribution is 0.224. The number of benzene rings is 2. The maximum Gasteiger partial charge on any atom is 0.241 e. The van der Waals surface area contributed by atoms with Crippen LogP contribution in [0.1, 0.15) is 30.4 Å². The molecule has 0 unspecified atom stereocenters. The SMILES string of the molecule is Cc1cc(F)ccc1S(=O)(=O)NC1(c2ccccc2)CCC1. The van der Waals surface area contributed by atoms with Gasteiger partial charge in [0.25, 0.3) is 0 Å². The molecule has 1 saturated carbocycles. The van der Waals surface area contributed by atoms with Crippen molar-refractivity contribution in [2.24, 2.45) is 0 Å². The summed E-state index contributed by atoms with van der Waals surface area (Å²) in [6.45, 7) is 1.60. The first-order valence-electron chi connectivity index (χ1n) is 7.29. The first-order chi connectivity index (χ1) is 10.4. The second-order valence-corrected chi connectivity index (χ2v) is 7.47. The topological polar surface area (TPSA) is 46.2 Å². The smallest absolute Gasteiger partial charge is 0.207 e. The van der Waals surface area contributed by atoms with Gasteiger partial charge in [-0.25, -0.2) is 17.5 Å². The van der Waals surface area contributed by atoms with Crippen molar-refractivity contribution < 1.29 is 12.8 Å². The minimum absolute atomic E-state index is 0.135. The molecule has 2 aromatic rings. The highest BCUT2D eigenvalue weighted by Crippen LogP contribution is 2.42. The number of halogens is 1. The van der Waals surface area contributed by atoms with E-state index in [0.717, 1.165) is 24.8 Å². The molecule has 1 fully saturated rings. The Balaban J connectivity index is 1.97. The molecule has 0 atom stereocenters. The molecular formula is C17H18FNO2S. The van der Waals surface area contributed by atoms with Gasteiger partial charge in [0.2, 0.25) is 10.0 Å². The largest absolute Gasteiger partial charge is 0.241 e. The lowest BCUT2D eigenvalue weighted by atomic mass is 9.73. The Bertz CT molecular complexity index is 784. The number of hydrogen-bond acceptors (Lipinski definition) is 2. The first kappa shape index (κ1) is 15.2. The lowest BCUT2D eigenvalue weighted by Gasteiger charge is -2.42. The minimum Gasteiger partial charge on any atom is -0.207 e. The van der Waals surface area contributed by atoms with Crippen molar-refractivity contribution in [3.05, 3.63) is 65.5 Å². The van der Waals surface area contributed by atoms with Crippen LogP contribution < -0.4 is 4.72 Å². The average Bonchev–Trinajstić information content (AvgIpc) is 2.43.